The SMILES string of the molecule is CS(=O)(=O)C1=CC=CC(c2cccc(C(N=[N+]=[N-])C3CC3)c2)(C(N=[N+]=[N-])C2CC2)C1. The van der Waals surface area contributed by atoms with Crippen LogP contribution < -0.4 is 0 Å². The molecular weight excluding hydrogens is 400 g/mol. The van der Waals surface area contributed by atoms with E-state index in [1.165, 1.54) is 6.26 Å². The van der Waals surface area contributed by atoms with Gasteiger partial charge in [-0.25, -0.2) is 8.42 Å². The first-order chi connectivity index (χ1) is 14.4. The summed E-state index contributed by atoms with van der Waals surface area (Å²) in [5, 5.41) is 8.18. The molecule has 1 aromatic rings. The lowest BCUT2D eigenvalue weighted by molar-refractivity contribution is 0.380. The maximum absolute atomic E-state index is 12.4. The normalized spacial score (nSPS) is 25.4. The molecule has 0 bridgehead atoms. The van der Waals surface area contributed by atoms with Gasteiger partial charge in [0.15, 0.2) is 9.84 Å². The predicted octanol–water partition coefficient (Wildman–Crippen LogP) is 5.66. The van der Waals surface area contributed by atoms with Crippen molar-refractivity contribution in [2.75, 3.05) is 6.26 Å². The molecular formula is C21H24N6O2S. The fourth-order valence-corrected chi connectivity index (χ4v) is 5.39. The highest BCUT2D eigenvalue weighted by molar-refractivity contribution is 7.94. The molecule has 9 heteroatoms. The Labute approximate surface area is 175 Å². The molecule has 0 amide bonds. The second-order valence-corrected chi connectivity index (χ2v) is 10.6. The number of rotatable bonds is 8. The van der Waals surface area contributed by atoms with Gasteiger partial charge in [-0.3, -0.25) is 0 Å². The minimum Gasteiger partial charge on any atom is -0.224 e. The van der Waals surface area contributed by atoms with E-state index in [1.54, 1.807) is 12.2 Å². The predicted molar refractivity (Wildman–Crippen MR) is 115 cm³/mol. The Bertz CT molecular complexity index is 1110. The van der Waals surface area contributed by atoms with E-state index in [2.05, 4.69) is 20.1 Å². The van der Waals surface area contributed by atoms with Gasteiger partial charge >= 0.3 is 0 Å². The number of nitrogens with zero attached hydrogens (tertiary/aromatic N) is 6. The molecule has 0 N–H and O–H groups in total. The fourth-order valence-electron chi connectivity index (χ4n) is 4.56. The minimum absolute atomic E-state index is 0.226. The van der Waals surface area contributed by atoms with Crippen LogP contribution in [0.25, 0.3) is 20.9 Å². The van der Waals surface area contributed by atoms with E-state index in [4.69, 9.17) is 5.53 Å². The van der Waals surface area contributed by atoms with Crippen LogP contribution in [-0.4, -0.2) is 20.7 Å². The maximum atomic E-state index is 12.4. The van der Waals surface area contributed by atoms with Gasteiger partial charge < -0.3 is 0 Å². The summed E-state index contributed by atoms with van der Waals surface area (Å²) in [5.74, 6) is 0.571. The summed E-state index contributed by atoms with van der Waals surface area (Å²) >= 11 is 0. The molecule has 1 aromatic carbocycles. The smallest absolute Gasteiger partial charge is 0.171 e. The van der Waals surface area contributed by atoms with Crippen LogP contribution in [-0.2, 0) is 15.3 Å². The molecule has 156 valence electrons. The first kappa shape index (κ1) is 20.5. The highest BCUT2D eigenvalue weighted by atomic mass is 32.2. The summed E-state index contributed by atoms with van der Waals surface area (Å²) in [6.45, 7) is 0. The lowest BCUT2D eigenvalue weighted by Crippen LogP contribution is -2.40. The Morgan fingerprint density at radius 3 is 2.40 bits per heavy atom. The summed E-state index contributed by atoms with van der Waals surface area (Å²) < 4.78 is 24.7. The van der Waals surface area contributed by atoms with E-state index in [0.717, 1.165) is 36.8 Å². The topological polar surface area (TPSA) is 132 Å². The van der Waals surface area contributed by atoms with Crippen molar-refractivity contribution in [3.05, 3.63) is 79.4 Å². The van der Waals surface area contributed by atoms with Crippen LogP contribution in [0.5, 0.6) is 0 Å². The molecule has 0 aromatic heterocycles. The maximum Gasteiger partial charge on any atom is 0.171 e. The van der Waals surface area contributed by atoms with Crippen molar-refractivity contribution < 1.29 is 8.42 Å². The molecule has 4 rings (SSSR count). The molecule has 30 heavy (non-hydrogen) atoms. The van der Waals surface area contributed by atoms with Crippen molar-refractivity contribution in [3.8, 4) is 0 Å². The van der Waals surface area contributed by atoms with Crippen molar-refractivity contribution in [2.24, 2.45) is 22.1 Å². The van der Waals surface area contributed by atoms with Gasteiger partial charge in [0.1, 0.15) is 0 Å². The van der Waals surface area contributed by atoms with E-state index in [9.17, 15) is 13.9 Å². The number of azide groups is 2. The zero-order valence-corrected chi connectivity index (χ0v) is 17.6. The zero-order valence-electron chi connectivity index (χ0n) is 16.8. The highest BCUT2D eigenvalue weighted by Gasteiger charge is 2.48. The largest absolute Gasteiger partial charge is 0.224 e. The Balaban J connectivity index is 1.84. The molecule has 8 nitrogen and oxygen atoms in total. The van der Waals surface area contributed by atoms with Gasteiger partial charge in [0.05, 0.1) is 12.1 Å². The van der Waals surface area contributed by atoms with Crippen LogP contribution in [0.3, 0.4) is 0 Å². The van der Waals surface area contributed by atoms with E-state index >= 15 is 0 Å². The fraction of sp³-hybridized carbons (Fsp3) is 0.524. The molecule has 3 unspecified atom stereocenters. The third-order valence-electron chi connectivity index (χ3n) is 6.40. The number of allylic oxidation sites excluding steroid dienone is 3. The van der Waals surface area contributed by atoms with Crippen molar-refractivity contribution in [1.29, 1.82) is 0 Å². The van der Waals surface area contributed by atoms with Crippen LogP contribution in [0.1, 0.15) is 49.3 Å². The van der Waals surface area contributed by atoms with Crippen LogP contribution in [0, 0.1) is 11.8 Å². The third-order valence-corrected chi connectivity index (χ3v) is 7.63. The summed E-state index contributed by atoms with van der Waals surface area (Å²) in [6.07, 6.45) is 10.8. The van der Waals surface area contributed by atoms with E-state index < -0.39 is 15.3 Å². The first-order valence-corrected chi connectivity index (χ1v) is 12.1. The van der Waals surface area contributed by atoms with Crippen molar-refractivity contribution in [1.82, 2.24) is 0 Å². The monoisotopic (exact) mass is 424 g/mol. The minimum atomic E-state index is -3.39. The second kappa shape index (κ2) is 7.84. The Morgan fingerprint density at radius 1 is 1.10 bits per heavy atom. The van der Waals surface area contributed by atoms with Crippen LogP contribution >= 0.6 is 0 Å². The molecule has 0 heterocycles. The molecule has 3 atom stereocenters. The average molecular weight is 425 g/mol. The molecule has 2 fully saturated rings. The third kappa shape index (κ3) is 3.97. The molecule has 3 aliphatic rings. The van der Waals surface area contributed by atoms with Crippen molar-refractivity contribution in [2.45, 2.75) is 49.6 Å². The number of sulfone groups is 1. The molecule has 0 radical (unpaired) electrons. The first-order valence-electron chi connectivity index (χ1n) is 10.2. The van der Waals surface area contributed by atoms with Gasteiger partial charge in [-0.15, -0.1) is 0 Å². The Morgan fingerprint density at radius 2 is 1.80 bits per heavy atom. The molecule has 0 saturated heterocycles. The second-order valence-electron chi connectivity index (χ2n) is 8.58. The van der Waals surface area contributed by atoms with Crippen LogP contribution in [0.2, 0.25) is 0 Å². The molecule has 0 spiro atoms. The van der Waals surface area contributed by atoms with E-state index in [0.29, 0.717) is 10.8 Å². The molecule has 2 saturated carbocycles. The van der Waals surface area contributed by atoms with Crippen LogP contribution in [0.4, 0.5) is 0 Å². The lowest BCUT2D eigenvalue weighted by Gasteiger charge is -2.39. The highest BCUT2D eigenvalue weighted by Crippen LogP contribution is 2.51. The van der Waals surface area contributed by atoms with Gasteiger partial charge in [-0.2, -0.15) is 0 Å². The number of hydrogen-bond donors (Lipinski definition) is 0. The average Bonchev–Trinajstić information content (AvgIpc) is 3.63. The van der Waals surface area contributed by atoms with Gasteiger partial charge in [0.25, 0.3) is 0 Å². The van der Waals surface area contributed by atoms with E-state index in [1.807, 2.05) is 30.3 Å². The zero-order chi connectivity index (χ0) is 21.4. The van der Waals surface area contributed by atoms with Crippen molar-refractivity contribution >= 4 is 9.84 Å². The van der Waals surface area contributed by atoms with Crippen LogP contribution in [0.15, 0.2) is 57.6 Å². The van der Waals surface area contributed by atoms with Gasteiger partial charge in [0, 0.05) is 26.4 Å². The summed E-state index contributed by atoms with van der Waals surface area (Å²) in [4.78, 5) is 6.48. The van der Waals surface area contributed by atoms with Gasteiger partial charge in [-0.1, -0.05) is 46.6 Å². The standard InChI is InChI=1S/C21H24N6O2S/c1-30(28,29)18-6-3-11-21(13-18,20(25-27-23)15-9-10-15)17-5-2-4-16(12-17)19(24-26-22)14-7-8-14/h2-6,11-12,14-15,19-20H,7-10,13H2,1H3. The summed E-state index contributed by atoms with van der Waals surface area (Å²) in [6, 6.07) is 7.23. The summed E-state index contributed by atoms with van der Waals surface area (Å²) in [5.41, 5.74) is 19.4. The molecule has 0 aliphatic heterocycles. The Hall–Kier alpha value is -2.73. The van der Waals surface area contributed by atoms with Gasteiger partial charge in [-0.05, 0) is 72.2 Å². The molecule has 3 aliphatic carbocycles. The quantitative estimate of drug-likeness (QED) is 0.302. The Kier molecular flexibility index (Phi) is 5.36. The number of hydrogen-bond acceptors (Lipinski definition) is 4. The van der Waals surface area contributed by atoms with E-state index in [-0.39, 0.29) is 24.4 Å². The summed E-state index contributed by atoms with van der Waals surface area (Å²) in [7, 11) is -3.39. The number of benzene rings is 1. The van der Waals surface area contributed by atoms with Crippen molar-refractivity contribution in [3.63, 3.8) is 0 Å². The van der Waals surface area contributed by atoms with Gasteiger partial charge in [0.2, 0.25) is 0 Å². The lowest BCUT2D eigenvalue weighted by atomic mass is 9.68.